The van der Waals surface area contributed by atoms with Crippen LogP contribution in [0.4, 0.5) is 18.9 Å². The lowest BCUT2D eigenvalue weighted by Gasteiger charge is -2.23. The predicted octanol–water partition coefficient (Wildman–Crippen LogP) is 2.48. The number of halogens is 4. The molecule has 11 heteroatoms. The number of methoxy groups -OCH3 is 1. The van der Waals surface area contributed by atoms with Crippen LogP contribution in [-0.2, 0) is 14.9 Å². The third-order valence-electron chi connectivity index (χ3n) is 2.41. The monoisotopic (exact) mass is 421 g/mol. The van der Waals surface area contributed by atoms with Crippen molar-refractivity contribution in [3.63, 3.8) is 0 Å². The van der Waals surface area contributed by atoms with Crippen molar-refractivity contribution in [3.05, 3.63) is 28.2 Å². The van der Waals surface area contributed by atoms with Gasteiger partial charge in [-0.15, -0.1) is 0 Å². The number of rotatable bonds is 2. The van der Waals surface area contributed by atoms with Crippen molar-refractivity contribution >= 4 is 37.7 Å². The highest BCUT2D eigenvalue weighted by molar-refractivity contribution is 9.10. The molecule has 132 valence electrons. The SMILES string of the molecule is COC(=O)c1cc([N+](C)(C)C)ccc1Br.O=S(=O)([O-])C(F)(F)F. The van der Waals surface area contributed by atoms with Crippen LogP contribution in [0.5, 0.6) is 0 Å². The summed E-state index contributed by atoms with van der Waals surface area (Å²) in [5, 5.41) is 0. The van der Waals surface area contributed by atoms with Crippen molar-refractivity contribution in [2.45, 2.75) is 5.51 Å². The average molecular weight is 422 g/mol. The Bertz CT molecular complexity index is 668. The Morgan fingerprint density at radius 2 is 1.70 bits per heavy atom. The van der Waals surface area contributed by atoms with Gasteiger partial charge in [0.25, 0.3) is 0 Å². The molecule has 0 aliphatic carbocycles. The first-order chi connectivity index (χ1) is 10.1. The Morgan fingerprint density at radius 1 is 1.26 bits per heavy atom. The van der Waals surface area contributed by atoms with E-state index >= 15 is 0 Å². The Balaban J connectivity index is 0.000000515. The Labute approximate surface area is 140 Å². The minimum Gasteiger partial charge on any atom is -0.741 e. The highest BCUT2D eigenvalue weighted by Gasteiger charge is 2.36. The van der Waals surface area contributed by atoms with E-state index in [0.29, 0.717) is 10.0 Å². The second kappa shape index (κ2) is 7.60. The Kier molecular flexibility index (Phi) is 7.21. The van der Waals surface area contributed by atoms with Crippen molar-refractivity contribution in [3.8, 4) is 0 Å². The van der Waals surface area contributed by atoms with Gasteiger partial charge >= 0.3 is 11.5 Å². The Morgan fingerprint density at radius 3 is 2.00 bits per heavy atom. The molecule has 0 aliphatic heterocycles. The molecule has 0 atom stereocenters. The van der Waals surface area contributed by atoms with Gasteiger partial charge in [-0.25, -0.2) is 13.2 Å². The van der Waals surface area contributed by atoms with Crippen molar-refractivity contribution < 1.29 is 35.7 Å². The topological polar surface area (TPSA) is 83.5 Å². The molecule has 23 heavy (non-hydrogen) atoms. The lowest BCUT2D eigenvalue weighted by Crippen LogP contribution is -2.34. The molecule has 1 aromatic carbocycles. The first kappa shape index (κ1) is 21.8. The molecule has 0 spiro atoms. The molecule has 1 rings (SSSR count). The van der Waals surface area contributed by atoms with Crippen LogP contribution in [0.15, 0.2) is 22.7 Å². The van der Waals surface area contributed by atoms with Gasteiger partial charge in [0, 0.05) is 16.6 Å². The summed E-state index contributed by atoms with van der Waals surface area (Å²) in [5.74, 6) is -0.322. The predicted molar refractivity (Wildman–Crippen MR) is 80.8 cm³/mol. The lowest BCUT2D eigenvalue weighted by atomic mass is 10.2. The number of carbonyl (C=O) groups excluding carboxylic acids is 1. The summed E-state index contributed by atoms with van der Waals surface area (Å²) in [5.41, 5.74) is -4.03. The number of carbonyl (C=O) groups is 1. The van der Waals surface area contributed by atoms with Crippen molar-refractivity contribution in [1.82, 2.24) is 4.48 Å². The van der Waals surface area contributed by atoms with E-state index in [1.165, 1.54) is 7.11 Å². The third-order valence-corrected chi connectivity index (χ3v) is 3.67. The van der Waals surface area contributed by atoms with Gasteiger partial charge in [0.1, 0.15) is 5.69 Å². The molecule has 0 aromatic heterocycles. The van der Waals surface area contributed by atoms with Gasteiger partial charge < -0.3 is 9.29 Å². The zero-order chi connectivity index (χ0) is 18.6. The molecule has 6 nitrogen and oxygen atoms in total. The average Bonchev–Trinajstić information content (AvgIpc) is 2.35. The molecule has 0 saturated carbocycles. The van der Waals surface area contributed by atoms with Crippen LogP contribution in [0.1, 0.15) is 10.4 Å². The first-order valence-electron chi connectivity index (χ1n) is 5.83. The summed E-state index contributed by atoms with van der Waals surface area (Å²) in [7, 11) is 1.43. The maximum Gasteiger partial charge on any atom is 0.485 e. The second-order valence-corrected chi connectivity index (χ2v) is 7.29. The molecule has 0 fully saturated rings. The number of nitrogens with zero attached hydrogens (tertiary/aromatic N) is 1. The van der Waals surface area contributed by atoms with Crippen LogP contribution >= 0.6 is 15.9 Å². The maximum atomic E-state index is 11.5. The molecule has 0 aliphatic rings. The third kappa shape index (κ3) is 6.85. The lowest BCUT2D eigenvalue weighted by molar-refractivity contribution is -0.0517. The highest BCUT2D eigenvalue weighted by atomic mass is 79.9. The van der Waals surface area contributed by atoms with Crippen molar-refractivity contribution in [2.75, 3.05) is 28.3 Å². The van der Waals surface area contributed by atoms with Gasteiger partial charge in [0.05, 0.1) is 33.8 Å². The number of benzene rings is 1. The van der Waals surface area contributed by atoms with Gasteiger partial charge in [-0.05, 0) is 22.0 Å². The van der Waals surface area contributed by atoms with Crippen LogP contribution in [0.3, 0.4) is 0 Å². The Hall–Kier alpha value is -1.17. The molecule has 0 amide bonds. The summed E-state index contributed by atoms with van der Waals surface area (Å²) < 4.78 is 65.0. The van der Waals surface area contributed by atoms with Crippen LogP contribution in [-0.4, -0.2) is 52.7 Å². The zero-order valence-electron chi connectivity index (χ0n) is 12.6. The minimum absolute atomic E-state index is 0.322. The number of quaternary nitrogens is 1. The van der Waals surface area contributed by atoms with Gasteiger partial charge in [-0.1, -0.05) is 0 Å². The fourth-order valence-electron chi connectivity index (χ4n) is 1.20. The van der Waals surface area contributed by atoms with Crippen LogP contribution in [0.2, 0.25) is 0 Å². The van der Waals surface area contributed by atoms with Crippen molar-refractivity contribution in [1.29, 1.82) is 0 Å². The standard InChI is InChI=1S/C11H15BrNO2.CHF3O3S/c1-13(2,3)8-5-6-10(12)9(7-8)11(14)15-4;2-1(3,4)8(5,6)7/h5-7H,1-4H3;(H,5,6,7)/q+1;/p-1. The van der Waals surface area contributed by atoms with E-state index in [9.17, 15) is 18.0 Å². The maximum absolute atomic E-state index is 11.5. The van der Waals surface area contributed by atoms with E-state index in [1.807, 2.05) is 39.3 Å². The van der Waals surface area contributed by atoms with Gasteiger partial charge in [0.15, 0.2) is 10.1 Å². The van der Waals surface area contributed by atoms with Gasteiger partial charge in [0.2, 0.25) is 0 Å². The number of ether oxygens (including phenoxy) is 1. The number of hydrogen-bond acceptors (Lipinski definition) is 5. The highest BCUT2D eigenvalue weighted by Crippen LogP contribution is 2.25. The number of alkyl halides is 3. The van der Waals surface area contributed by atoms with E-state index in [-0.39, 0.29) is 5.97 Å². The summed E-state index contributed by atoms with van der Waals surface area (Å²) in [4.78, 5) is 11.5. The van der Waals surface area contributed by atoms with Crippen LogP contribution in [0, 0.1) is 0 Å². The van der Waals surface area contributed by atoms with E-state index in [4.69, 9.17) is 17.7 Å². The van der Waals surface area contributed by atoms with Gasteiger partial charge in [-0.3, -0.25) is 4.48 Å². The van der Waals surface area contributed by atoms with E-state index in [0.717, 1.165) is 10.2 Å². The molecule has 1 aromatic rings. The van der Waals surface area contributed by atoms with E-state index in [1.54, 1.807) is 0 Å². The van der Waals surface area contributed by atoms with Crippen LogP contribution < -0.4 is 4.48 Å². The summed E-state index contributed by atoms with van der Waals surface area (Å²) in [6.07, 6.45) is 0. The molecule has 0 unspecified atom stereocenters. The molecule has 0 bridgehead atoms. The van der Waals surface area contributed by atoms with Gasteiger partial charge in [-0.2, -0.15) is 13.2 Å². The summed E-state index contributed by atoms with van der Waals surface area (Å²) in [6.45, 7) is 0. The molecular weight excluding hydrogens is 407 g/mol. The smallest absolute Gasteiger partial charge is 0.485 e. The summed E-state index contributed by atoms with van der Waals surface area (Å²) >= 11 is 3.33. The largest absolute Gasteiger partial charge is 0.741 e. The van der Waals surface area contributed by atoms with Crippen LogP contribution in [0.25, 0.3) is 0 Å². The first-order valence-corrected chi connectivity index (χ1v) is 8.03. The van der Waals surface area contributed by atoms with E-state index < -0.39 is 15.6 Å². The molecule has 0 heterocycles. The number of hydrogen-bond donors (Lipinski definition) is 0. The quantitative estimate of drug-likeness (QED) is 0.317. The molecule has 0 saturated heterocycles. The molecular formula is C12H15BrF3NO5S. The fourth-order valence-corrected chi connectivity index (χ4v) is 1.61. The minimum atomic E-state index is -6.09. The fraction of sp³-hybridized carbons (Fsp3) is 0.417. The number of esters is 1. The zero-order valence-corrected chi connectivity index (χ0v) is 15.0. The summed E-state index contributed by atoms with van der Waals surface area (Å²) in [6, 6.07) is 5.69. The second-order valence-electron chi connectivity index (χ2n) is 5.07. The normalized spacial score (nSPS) is 12.2. The molecule has 0 N–H and O–H groups in total. The van der Waals surface area contributed by atoms with E-state index in [2.05, 4.69) is 15.9 Å². The van der Waals surface area contributed by atoms with Crippen molar-refractivity contribution in [2.24, 2.45) is 0 Å². The molecule has 0 radical (unpaired) electrons.